The van der Waals surface area contributed by atoms with Gasteiger partial charge in [0.15, 0.2) is 9.84 Å². The number of ether oxygens (including phenoxy) is 2. The molecule has 2 saturated heterocycles. The molecular weight excluding hydrogens is 306 g/mol. The van der Waals surface area contributed by atoms with Gasteiger partial charge in [-0.05, 0) is 18.8 Å². The van der Waals surface area contributed by atoms with E-state index in [1.54, 1.807) is 0 Å². The number of morpholine rings is 1. The van der Waals surface area contributed by atoms with Gasteiger partial charge in [0.25, 0.3) is 0 Å². The molecule has 7 nitrogen and oxygen atoms in total. The maximum atomic E-state index is 11.9. The smallest absolute Gasteiger partial charge is 0.178 e. The van der Waals surface area contributed by atoms with Gasteiger partial charge in [0.1, 0.15) is 4.90 Å². The van der Waals surface area contributed by atoms with E-state index in [1.807, 2.05) is 0 Å². The van der Waals surface area contributed by atoms with Crippen LogP contribution in [-0.4, -0.2) is 69.3 Å². The fraction of sp³-hybridized carbons (Fsp3) is 0.786. The lowest BCUT2D eigenvalue weighted by molar-refractivity contribution is -0.0289. The van der Waals surface area contributed by atoms with Crippen LogP contribution in [-0.2, 0) is 19.3 Å². The van der Waals surface area contributed by atoms with Crippen molar-refractivity contribution in [2.24, 2.45) is 5.92 Å². The Kier molecular flexibility index (Phi) is 4.82. The number of sulfone groups is 1. The third kappa shape index (κ3) is 3.51. The van der Waals surface area contributed by atoms with E-state index in [2.05, 4.69) is 15.1 Å². The average molecular weight is 329 g/mol. The molecule has 3 rings (SSSR count). The molecule has 1 aromatic rings. The Balaban J connectivity index is 1.79. The van der Waals surface area contributed by atoms with Crippen molar-refractivity contribution in [2.75, 3.05) is 45.8 Å². The van der Waals surface area contributed by atoms with Crippen molar-refractivity contribution in [3.05, 3.63) is 11.9 Å². The fourth-order valence-corrected chi connectivity index (χ4v) is 4.03. The zero-order chi connectivity index (χ0) is 15.6. The van der Waals surface area contributed by atoms with Crippen molar-refractivity contribution in [1.82, 2.24) is 15.1 Å². The van der Waals surface area contributed by atoms with Gasteiger partial charge in [-0.2, -0.15) is 5.10 Å². The molecule has 0 spiro atoms. The summed E-state index contributed by atoms with van der Waals surface area (Å²) in [7, 11) is -3.29. The molecule has 2 aliphatic rings. The van der Waals surface area contributed by atoms with Crippen molar-refractivity contribution in [2.45, 2.75) is 23.8 Å². The first-order valence-electron chi connectivity index (χ1n) is 7.68. The molecule has 0 saturated carbocycles. The Morgan fingerprint density at radius 2 is 2.09 bits per heavy atom. The molecule has 1 aromatic heterocycles. The molecule has 22 heavy (non-hydrogen) atoms. The summed E-state index contributed by atoms with van der Waals surface area (Å²) in [5.41, 5.74) is 0.647. The van der Waals surface area contributed by atoms with Gasteiger partial charge in [0.2, 0.25) is 0 Å². The average Bonchev–Trinajstić information content (AvgIpc) is 2.98. The molecule has 0 amide bonds. The van der Waals surface area contributed by atoms with Crippen LogP contribution in [0.1, 0.15) is 24.6 Å². The second-order valence-corrected chi connectivity index (χ2v) is 8.05. The van der Waals surface area contributed by atoms with Crippen LogP contribution in [0.5, 0.6) is 0 Å². The minimum Gasteiger partial charge on any atom is -0.381 e. The van der Waals surface area contributed by atoms with Crippen LogP contribution in [0.2, 0.25) is 0 Å². The lowest BCUT2D eigenvalue weighted by Gasteiger charge is -2.38. The van der Waals surface area contributed by atoms with Crippen LogP contribution < -0.4 is 0 Å². The number of H-pyrrole nitrogens is 1. The van der Waals surface area contributed by atoms with Gasteiger partial charge >= 0.3 is 0 Å². The first kappa shape index (κ1) is 15.9. The number of hydrogen-bond acceptors (Lipinski definition) is 6. The van der Waals surface area contributed by atoms with E-state index in [1.165, 1.54) is 12.5 Å². The quantitative estimate of drug-likeness (QED) is 0.871. The van der Waals surface area contributed by atoms with Crippen molar-refractivity contribution in [1.29, 1.82) is 0 Å². The number of aromatic amines is 1. The summed E-state index contributed by atoms with van der Waals surface area (Å²) in [5, 5.41) is 6.81. The SMILES string of the molecule is CS(=O)(=O)c1cn[nH]c1[C@H]1COCCN1CC1CCOCC1. The van der Waals surface area contributed by atoms with Gasteiger partial charge in [-0.25, -0.2) is 8.42 Å². The maximum absolute atomic E-state index is 11.9. The Morgan fingerprint density at radius 1 is 1.32 bits per heavy atom. The molecule has 1 N–H and O–H groups in total. The van der Waals surface area contributed by atoms with Gasteiger partial charge in [-0.3, -0.25) is 10.00 Å². The summed E-state index contributed by atoms with van der Waals surface area (Å²) in [6, 6.07) is -0.0798. The minimum atomic E-state index is -3.29. The highest BCUT2D eigenvalue weighted by atomic mass is 32.2. The molecule has 2 fully saturated rings. The number of hydrogen-bond donors (Lipinski definition) is 1. The summed E-state index contributed by atoms with van der Waals surface area (Å²) in [4.78, 5) is 2.60. The van der Waals surface area contributed by atoms with Crippen molar-refractivity contribution in [3.8, 4) is 0 Å². The van der Waals surface area contributed by atoms with Gasteiger partial charge in [-0.15, -0.1) is 0 Å². The van der Waals surface area contributed by atoms with Gasteiger partial charge < -0.3 is 9.47 Å². The van der Waals surface area contributed by atoms with Crippen LogP contribution in [0, 0.1) is 5.92 Å². The maximum Gasteiger partial charge on any atom is 0.178 e. The van der Waals surface area contributed by atoms with E-state index in [9.17, 15) is 8.42 Å². The Morgan fingerprint density at radius 3 is 2.82 bits per heavy atom. The van der Waals surface area contributed by atoms with Crippen LogP contribution in [0.25, 0.3) is 0 Å². The molecule has 1 atom stereocenters. The van der Waals surface area contributed by atoms with Crippen molar-refractivity contribution >= 4 is 9.84 Å². The van der Waals surface area contributed by atoms with Crippen LogP contribution >= 0.6 is 0 Å². The van der Waals surface area contributed by atoms with Crippen LogP contribution in [0.4, 0.5) is 0 Å². The van der Waals surface area contributed by atoms with Crippen LogP contribution in [0.3, 0.4) is 0 Å². The van der Waals surface area contributed by atoms with E-state index >= 15 is 0 Å². The highest BCUT2D eigenvalue weighted by Crippen LogP contribution is 2.29. The summed E-state index contributed by atoms with van der Waals surface area (Å²) < 4.78 is 34.8. The molecule has 2 aliphatic heterocycles. The Bertz CT molecular complexity index is 595. The molecule has 0 unspecified atom stereocenters. The van der Waals surface area contributed by atoms with Gasteiger partial charge in [0.05, 0.1) is 31.1 Å². The molecule has 3 heterocycles. The third-order valence-electron chi connectivity index (χ3n) is 4.44. The normalized spacial score (nSPS) is 25.4. The largest absolute Gasteiger partial charge is 0.381 e. The second-order valence-electron chi connectivity index (χ2n) is 6.06. The van der Waals surface area contributed by atoms with E-state index in [0.29, 0.717) is 24.8 Å². The van der Waals surface area contributed by atoms with Gasteiger partial charge in [-0.1, -0.05) is 0 Å². The van der Waals surface area contributed by atoms with E-state index in [-0.39, 0.29) is 10.9 Å². The first-order chi connectivity index (χ1) is 10.6. The highest BCUT2D eigenvalue weighted by Gasteiger charge is 2.32. The zero-order valence-corrected chi connectivity index (χ0v) is 13.6. The molecule has 0 bridgehead atoms. The van der Waals surface area contributed by atoms with E-state index in [0.717, 1.165) is 39.1 Å². The zero-order valence-electron chi connectivity index (χ0n) is 12.8. The fourth-order valence-electron chi connectivity index (χ4n) is 3.20. The predicted molar refractivity (Wildman–Crippen MR) is 80.4 cm³/mol. The summed E-state index contributed by atoms with van der Waals surface area (Å²) in [5.74, 6) is 0.596. The van der Waals surface area contributed by atoms with Gasteiger partial charge in [0, 0.05) is 32.6 Å². The molecule has 0 aromatic carbocycles. The molecular formula is C14H23N3O4S. The van der Waals surface area contributed by atoms with Crippen LogP contribution in [0.15, 0.2) is 11.1 Å². The monoisotopic (exact) mass is 329 g/mol. The number of nitrogens with one attached hydrogen (secondary N) is 1. The predicted octanol–water partition coefficient (Wildman–Crippen LogP) is 0.613. The van der Waals surface area contributed by atoms with Crippen molar-refractivity contribution in [3.63, 3.8) is 0 Å². The summed E-state index contributed by atoms with van der Waals surface area (Å²) in [6.45, 7) is 4.57. The number of nitrogens with zero attached hydrogens (tertiary/aromatic N) is 2. The standard InChI is InChI=1S/C14H23N3O4S/c1-22(18,19)13-8-15-16-14(13)12-10-21-7-4-17(12)9-11-2-5-20-6-3-11/h8,11-12H,2-7,9-10H2,1H3,(H,15,16)/t12-/m1/s1. The minimum absolute atomic E-state index is 0.0798. The third-order valence-corrected chi connectivity index (χ3v) is 5.56. The topological polar surface area (TPSA) is 84.5 Å². The molecule has 8 heteroatoms. The molecule has 0 radical (unpaired) electrons. The summed E-state index contributed by atoms with van der Waals surface area (Å²) >= 11 is 0. The molecule has 0 aliphatic carbocycles. The number of aromatic nitrogens is 2. The lowest BCUT2D eigenvalue weighted by atomic mass is 9.98. The lowest BCUT2D eigenvalue weighted by Crippen LogP contribution is -2.43. The van der Waals surface area contributed by atoms with E-state index < -0.39 is 9.84 Å². The van der Waals surface area contributed by atoms with E-state index in [4.69, 9.17) is 9.47 Å². The Hall–Kier alpha value is -0.960. The second kappa shape index (κ2) is 6.66. The highest BCUT2D eigenvalue weighted by molar-refractivity contribution is 7.90. The molecule has 124 valence electrons. The number of rotatable bonds is 4. The van der Waals surface area contributed by atoms with Crippen molar-refractivity contribution < 1.29 is 17.9 Å². The summed E-state index contributed by atoms with van der Waals surface area (Å²) in [6.07, 6.45) is 4.73. The Labute approximate surface area is 130 Å². The first-order valence-corrected chi connectivity index (χ1v) is 9.57.